The van der Waals surface area contributed by atoms with Crippen molar-refractivity contribution in [1.82, 2.24) is 20.1 Å². The van der Waals surface area contributed by atoms with Gasteiger partial charge in [0.15, 0.2) is 0 Å². The van der Waals surface area contributed by atoms with Gasteiger partial charge in [-0.05, 0) is 51.5 Å². The summed E-state index contributed by atoms with van der Waals surface area (Å²) in [5, 5.41) is 3.60. The lowest BCUT2D eigenvalue weighted by molar-refractivity contribution is -0.121. The van der Waals surface area contributed by atoms with Crippen molar-refractivity contribution in [1.29, 1.82) is 0 Å². The highest BCUT2D eigenvalue weighted by Crippen LogP contribution is 2.37. The predicted molar refractivity (Wildman–Crippen MR) is 152 cm³/mol. The Labute approximate surface area is 236 Å². The van der Waals surface area contributed by atoms with Gasteiger partial charge in [0.05, 0.1) is 32.4 Å². The Morgan fingerprint density at radius 3 is 2.70 bits per heavy atom. The molecular weight excluding hydrogens is 513 g/mol. The molecule has 3 aliphatic heterocycles. The molecule has 9 nitrogen and oxygen atoms in total. The number of benzene rings is 1. The zero-order valence-corrected chi connectivity index (χ0v) is 24.1. The second kappa shape index (κ2) is 12.8. The van der Waals surface area contributed by atoms with Crippen LogP contribution in [-0.4, -0.2) is 104 Å². The Balaban J connectivity index is 1.38. The van der Waals surface area contributed by atoms with Crippen molar-refractivity contribution in [2.45, 2.75) is 58.3 Å². The minimum absolute atomic E-state index is 0.0323. The van der Waals surface area contributed by atoms with Gasteiger partial charge in [-0.1, -0.05) is 12.1 Å². The lowest BCUT2D eigenvalue weighted by Gasteiger charge is -2.44. The van der Waals surface area contributed by atoms with E-state index in [0.717, 1.165) is 50.5 Å². The second-order valence-electron chi connectivity index (χ2n) is 11.2. The summed E-state index contributed by atoms with van der Waals surface area (Å²) in [4.78, 5) is 25.4. The van der Waals surface area contributed by atoms with Crippen LogP contribution in [0.25, 0.3) is 0 Å². The standard InChI is InChI=1S/C30H42FN5O4/c1-5-39-29-24(12-23-6-8-25(31)9-7-23)13-27-30(33-29)40-19-22(4)36(27)28(37)17-35-15-20(2)32-14-26(35)16-34-10-11-38-18-21(34)3/h6-9,13,20-22,26,32H,5,10-12,14-19H2,1-4H3/t20-,21-,22?,26-/m1/s1. The van der Waals surface area contributed by atoms with Crippen LogP contribution in [0, 0.1) is 5.82 Å². The number of carbonyl (C=O) groups is 1. The van der Waals surface area contributed by atoms with Gasteiger partial charge < -0.3 is 24.4 Å². The molecule has 218 valence electrons. The molecule has 4 atom stereocenters. The van der Waals surface area contributed by atoms with Crippen molar-refractivity contribution in [3.8, 4) is 11.8 Å². The Kier molecular flexibility index (Phi) is 9.20. The number of hydrogen-bond donors (Lipinski definition) is 1. The number of pyridine rings is 1. The number of nitrogens with one attached hydrogen (secondary N) is 1. The number of nitrogens with zero attached hydrogens (tertiary/aromatic N) is 4. The maximum absolute atomic E-state index is 14.0. The van der Waals surface area contributed by atoms with E-state index in [0.29, 0.717) is 55.7 Å². The Morgan fingerprint density at radius 2 is 1.95 bits per heavy atom. The molecule has 0 radical (unpaired) electrons. The van der Waals surface area contributed by atoms with Crippen molar-refractivity contribution in [3.05, 3.63) is 47.3 Å². The number of anilines is 1. The summed E-state index contributed by atoms with van der Waals surface area (Å²) >= 11 is 0. The van der Waals surface area contributed by atoms with Gasteiger partial charge in [0, 0.05) is 56.3 Å². The van der Waals surface area contributed by atoms with Crippen LogP contribution >= 0.6 is 0 Å². The lowest BCUT2D eigenvalue weighted by atomic mass is 10.0. The third-order valence-electron chi connectivity index (χ3n) is 8.04. The summed E-state index contributed by atoms with van der Waals surface area (Å²) in [5.41, 5.74) is 2.42. The van der Waals surface area contributed by atoms with Crippen molar-refractivity contribution < 1.29 is 23.4 Å². The van der Waals surface area contributed by atoms with Crippen LogP contribution in [0.1, 0.15) is 38.8 Å². The number of halogens is 1. The fourth-order valence-corrected chi connectivity index (χ4v) is 5.85. The summed E-state index contributed by atoms with van der Waals surface area (Å²) < 4.78 is 31.0. The monoisotopic (exact) mass is 555 g/mol. The van der Waals surface area contributed by atoms with Gasteiger partial charge in [0.2, 0.25) is 17.7 Å². The Bertz CT molecular complexity index is 1170. The number of piperazine rings is 1. The van der Waals surface area contributed by atoms with Crippen LogP contribution < -0.4 is 19.7 Å². The Morgan fingerprint density at radius 1 is 1.15 bits per heavy atom. The van der Waals surface area contributed by atoms with E-state index in [1.54, 1.807) is 12.1 Å². The number of aromatic nitrogens is 1. The van der Waals surface area contributed by atoms with Gasteiger partial charge in [0.1, 0.15) is 18.1 Å². The van der Waals surface area contributed by atoms with E-state index in [-0.39, 0.29) is 23.8 Å². The molecule has 3 aliphatic rings. The molecule has 1 unspecified atom stereocenters. The molecule has 0 spiro atoms. The normalized spacial score (nSPS) is 25.8. The van der Waals surface area contributed by atoms with Gasteiger partial charge >= 0.3 is 0 Å². The average Bonchev–Trinajstić information content (AvgIpc) is 2.93. The molecule has 40 heavy (non-hydrogen) atoms. The number of amides is 1. The fourth-order valence-electron chi connectivity index (χ4n) is 5.85. The van der Waals surface area contributed by atoms with Crippen LogP contribution in [0.3, 0.4) is 0 Å². The molecular formula is C30H42FN5O4. The highest BCUT2D eigenvalue weighted by Gasteiger charge is 2.36. The summed E-state index contributed by atoms with van der Waals surface area (Å²) in [7, 11) is 0. The quantitative estimate of drug-likeness (QED) is 0.533. The minimum Gasteiger partial charge on any atom is -0.478 e. The van der Waals surface area contributed by atoms with Crippen LogP contribution in [-0.2, 0) is 16.0 Å². The number of carbonyl (C=O) groups excluding carboxylic acids is 1. The van der Waals surface area contributed by atoms with E-state index < -0.39 is 0 Å². The van der Waals surface area contributed by atoms with Gasteiger partial charge in [-0.2, -0.15) is 4.98 Å². The molecule has 0 bridgehead atoms. The highest BCUT2D eigenvalue weighted by atomic mass is 19.1. The van der Waals surface area contributed by atoms with Crippen molar-refractivity contribution in [2.75, 3.05) is 64.1 Å². The molecule has 1 amide bonds. The summed E-state index contributed by atoms with van der Waals surface area (Å²) in [6.45, 7) is 14.4. The first-order valence-corrected chi connectivity index (χ1v) is 14.5. The van der Waals surface area contributed by atoms with E-state index in [9.17, 15) is 9.18 Å². The predicted octanol–water partition coefficient (Wildman–Crippen LogP) is 2.71. The van der Waals surface area contributed by atoms with Crippen molar-refractivity contribution in [2.24, 2.45) is 0 Å². The number of fused-ring (bicyclic) bond motifs is 1. The van der Waals surface area contributed by atoms with Crippen LogP contribution in [0.4, 0.5) is 10.1 Å². The third kappa shape index (κ3) is 6.57. The molecule has 5 rings (SSSR count). The smallest absolute Gasteiger partial charge is 0.241 e. The first-order valence-electron chi connectivity index (χ1n) is 14.5. The van der Waals surface area contributed by atoms with Gasteiger partial charge in [-0.3, -0.25) is 14.6 Å². The summed E-state index contributed by atoms with van der Waals surface area (Å²) in [6, 6.07) is 9.12. The first kappa shape index (κ1) is 28.7. The van der Waals surface area contributed by atoms with Gasteiger partial charge in [0.25, 0.3) is 0 Å². The molecule has 0 saturated carbocycles. The van der Waals surface area contributed by atoms with E-state index in [1.807, 2.05) is 24.8 Å². The topological polar surface area (TPSA) is 79.4 Å². The molecule has 10 heteroatoms. The molecule has 2 aromatic rings. The number of hydrogen-bond acceptors (Lipinski definition) is 8. The number of ether oxygens (including phenoxy) is 3. The zero-order valence-electron chi connectivity index (χ0n) is 24.1. The first-order chi connectivity index (χ1) is 19.3. The third-order valence-corrected chi connectivity index (χ3v) is 8.04. The molecule has 1 aromatic heterocycles. The van der Waals surface area contributed by atoms with Gasteiger partial charge in [-0.25, -0.2) is 4.39 Å². The molecule has 1 aromatic carbocycles. The Hall–Kier alpha value is -2.79. The van der Waals surface area contributed by atoms with Crippen LogP contribution in [0.2, 0.25) is 0 Å². The number of morpholine rings is 1. The van der Waals surface area contributed by atoms with E-state index in [1.165, 1.54) is 12.1 Å². The maximum Gasteiger partial charge on any atom is 0.241 e. The lowest BCUT2D eigenvalue weighted by Crippen LogP contribution is -2.62. The van der Waals surface area contributed by atoms with Crippen LogP contribution in [0.5, 0.6) is 11.8 Å². The summed E-state index contributed by atoms with van der Waals surface area (Å²) in [5.74, 6) is 0.637. The second-order valence-corrected chi connectivity index (χ2v) is 11.2. The van der Waals surface area contributed by atoms with E-state index in [4.69, 9.17) is 14.2 Å². The molecule has 0 aliphatic carbocycles. The number of rotatable bonds is 8. The van der Waals surface area contributed by atoms with E-state index >= 15 is 0 Å². The minimum atomic E-state index is -0.278. The SMILES string of the molecule is CCOc1nc2c(cc1Cc1ccc(F)cc1)N(C(=O)CN1C[C@@H](C)NC[C@@H]1CN1CCOC[C@H]1C)C(C)CO2. The van der Waals surface area contributed by atoms with Crippen molar-refractivity contribution >= 4 is 11.6 Å². The maximum atomic E-state index is 14.0. The average molecular weight is 556 g/mol. The van der Waals surface area contributed by atoms with Gasteiger partial charge in [-0.15, -0.1) is 0 Å². The zero-order chi connectivity index (χ0) is 28.2. The largest absolute Gasteiger partial charge is 0.478 e. The summed E-state index contributed by atoms with van der Waals surface area (Å²) in [6.07, 6.45) is 0.501. The molecule has 2 fully saturated rings. The van der Waals surface area contributed by atoms with Crippen molar-refractivity contribution in [3.63, 3.8) is 0 Å². The molecule has 1 N–H and O–H groups in total. The molecule has 2 saturated heterocycles. The van der Waals surface area contributed by atoms with E-state index in [2.05, 4.69) is 33.9 Å². The molecule has 4 heterocycles. The highest BCUT2D eigenvalue weighted by molar-refractivity contribution is 5.97. The van der Waals surface area contributed by atoms with Crippen LogP contribution in [0.15, 0.2) is 30.3 Å². The fraction of sp³-hybridized carbons (Fsp3) is 0.600.